The third-order valence-electron chi connectivity index (χ3n) is 2.44. The summed E-state index contributed by atoms with van der Waals surface area (Å²) in [6.45, 7) is 4.10. The molecule has 2 aliphatic rings. The lowest BCUT2D eigenvalue weighted by Crippen LogP contribution is -2.44. The van der Waals surface area contributed by atoms with Crippen LogP contribution in [0, 0.1) is 0 Å². The summed E-state index contributed by atoms with van der Waals surface area (Å²) in [6, 6.07) is -0.184. The molecule has 2 rings (SSSR count). The number of ether oxygens (including phenoxy) is 3. The molecule has 0 bridgehead atoms. The first kappa shape index (κ1) is 9.36. The Morgan fingerprint density at radius 3 is 2.54 bits per heavy atom. The summed E-state index contributed by atoms with van der Waals surface area (Å²) in [5, 5.41) is 0. The van der Waals surface area contributed by atoms with Crippen molar-refractivity contribution in [2.75, 3.05) is 6.54 Å². The van der Waals surface area contributed by atoms with E-state index in [0.717, 1.165) is 0 Å². The van der Waals surface area contributed by atoms with Gasteiger partial charge in [-0.25, -0.2) is 0 Å². The molecule has 13 heavy (non-hydrogen) atoms. The molecule has 4 unspecified atom stereocenters. The van der Waals surface area contributed by atoms with Gasteiger partial charge in [-0.2, -0.15) is 0 Å². The van der Waals surface area contributed by atoms with Crippen LogP contribution in [0.5, 0.6) is 0 Å². The fourth-order valence-corrected chi connectivity index (χ4v) is 1.81. The van der Waals surface area contributed by atoms with Crippen molar-refractivity contribution in [3.8, 4) is 0 Å². The standard InChI is InChI=1S/C8H16N2O3/c1-8(2)12-6-5(10)4(3-9)11-7(6)13-8/h4-7H,3,9-10H2,1-2H3. The van der Waals surface area contributed by atoms with E-state index in [4.69, 9.17) is 25.7 Å². The van der Waals surface area contributed by atoms with E-state index >= 15 is 0 Å². The second kappa shape index (κ2) is 2.90. The Labute approximate surface area is 77.3 Å². The molecule has 0 aromatic rings. The highest BCUT2D eigenvalue weighted by Crippen LogP contribution is 2.36. The Kier molecular flexibility index (Phi) is 2.08. The molecular formula is C8H16N2O3. The topological polar surface area (TPSA) is 79.7 Å². The van der Waals surface area contributed by atoms with Crippen LogP contribution < -0.4 is 11.5 Å². The van der Waals surface area contributed by atoms with E-state index in [9.17, 15) is 0 Å². The molecule has 0 saturated carbocycles. The summed E-state index contributed by atoms with van der Waals surface area (Å²) in [5.74, 6) is -0.591. The van der Waals surface area contributed by atoms with Crippen molar-refractivity contribution < 1.29 is 14.2 Å². The van der Waals surface area contributed by atoms with Crippen LogP contribution in [0.15, 0.2) is 0 Å². The molecule has 2 aliphatic heterocycles. The minimum Gasteiger partial charge on any atom is -0.343 e. The van der Waals surface area contributed by atoms with Crippen LogP contribution in [-0.2, 0) is 14.2 Å². The Bertz CT molecular complexity index is 210. The second-order valence-electron chi connectivity index (χ2n) is 3.96. The van der Waals surface area contributed by atoms with Crippen molar-refractivity contribution in [1.82, 2.24) is 0 Å². The van der Waals surface area contributed by atoms with Crippen molar-refractivity contribution in [3.05, 3.63) is 0 Å². The molecule has 2 fully saturated rings. The number of hydrogen-bond acceptors (Lipinski definition) is 5. The highest BCUT2D eigenvalue weighted by molar-refractivity contribution is 4.95. The van der Waals surface area contributed by atoms with Gasteiger partial charge >= 0.3 is 0 Å². The first-order valence-electron chi connectivity index (χ1n) is 4.50. The molecule has 0 amide bonds. The molecule has 5 heteroatoms. The van der Waals surface area contributed by atoms with Gasteiger partial charge in [-0.3, -0.25) is 0 Å². The van der Waals surface area contributed by atoms with E-state index in [1.165, 1.54) is 0 Å². The molecule has 4 N–H and O–H groups in total. The van der Waals surface area contributed by atoms with Gasteiger partial charge in [0.15, 0.2) is 12.1 Å². The van der Waals surface area contributed by atoms with Gasteiger partial charge in [0.2, 0.25) is 0 Å². The number of hydrogen-bond donors (Lipinski definition) is 2. The van der Waals surface area contributed by atoms with Crippen LogP contribution in [0.1, 0.15) is 13.8 Å². The molecule has 0 aromatic heterocycles. The molecule has 2 heterocycles. The lowest BCUT2D eigenvalue weighted by atomic mass is 10.1. The zero-order chi connectivity index (χ0) is 9.64. The van der Waals surface area contributed by atoms with Gasteiger partial charge in [-0.15, -0.1) is 0 Å². The maximum atomic E-state index is 5.89. The number of fused-ring (bicyclic) bond motifs is 1. The third kappa shape index (κ3) is 1.47. The highest BCUT2D eigenvalue weighted by atomic mass is 16.8. The Morgan fingerprint density at radius 1 is 1.31 bits per heavy atom. The van der Waals surface area contributed by atoms with Gasteiger partial charge in [0, 0.05) is 6.54 Å². The normalized spacial score (nSPS) is 48.0. The summed E-state index contributed by atoms with van der Waals surface area (Å²) in [6.07, 6.45) is -0.673. The maximum Gasteiger partial charge on any atom is 0.189 e. The Balaban J connectivity index is 2.07. The molecule has 4 atom stereocenters. The Morgan fingerprint density at radius 2 is 2.00 bits per heavy atom. The van der Waals surface area contributed by atoms with E-state index in [2.05, 4.69) is 0 Å². The Hall–Kier alpha value is -0.200. The average molecular weight is 188 g/mol. The van der Waals surface area contributed by atoms with Gasteiger partial charge in [0.05, 0.1) is 12.1 Å². The zero-order valence-electron chi connectivity index (χ0n) is 7.90. The minimum atomic E-state index is -0.591. The SMILES string of the molecule is CC1(C)OC2OC(CN)C(N)C2O1. The molecule has 76 valence electrons. The molecule has 0 radical (unpaired) electrons. The lowest BCUT2D eigenvalue weighted by molar-refractivity contribution is -0.205. The fourth-order valence-electron chi connectivity index (χ4n) is 1.81. The van der Waals surface area contributed by atoms with Crippen molar-refractivity contribution in [2.24, 2.45) is 11.5 Å². The number of nitrogens with two attached hydrogens (primary N) is 2. The van der Waals surface area contributed by atoms with Crippen molar-refractivity contribution in [1.29, 1.82) is 0 Å². The van der Waals surface area contributed by atoms with Gasteiger partial charge in [0.1, 0.15) is 6.10 Å². The summed E-state index contributed by atoms with van der Waals surface area (Å²) < 4.78 is 16.6. The van der Waals surface area contributed by atoms with Crippen LogP contribution in [0.25, 0.3) is 0 Å². The fraction of sp³-hybridized carbons (Fsp3) is 1.00. The van der Waals surface area contributed by atoms with E-state index in [1.807, 2.05) is 13.8 Å². The predicted octanol–water partition coefficient (Wildman–Crippen LogP) is -0.851. The first-order valence-corrected chi connectivity index (χ1v) is 4.50. The molecule has 5 nitrogen and oxygen atoms in total. The van der Waals surface area contributed by atoms with Gasteiger partial charge in [0.25, 0.3) is 0 Å². The van der Waals surface area contributed by atoms with Crippen LogP contribution in [0.4, 0.5) is 0 Å². The predicted molar refractivity (Wildman–Crippen MR) is 45.7 cm³/mol. The van der Waals surface area contributed by atoms with Gasteiger partial charge in [-0.1, -0.05) is 0 Å². The monoisotopic (exact) mass is 188 g/mol. The smallest absolute Gasteiger partial charge is 0.189 e. The molecule has 0 spiro atoms. The van der Waals surface area contributed by atoms with Crippen molar-refractivity contribution in [2.45, 2.75) is 44.2 Å². The quantitative estimate of drug-likeness (QED) is 0.560. The summed E-state index contributed by atoms with van der Waals surface area (Å²) in [5.41, 5.74) is 11.4. The summed E-state index contributed by atoms with van der Waals surface area (Å²) >= 11 is 0. The van der Waals surface area contributed by atoms with E-state index in [0.29, 0.717) is 6.54 Å². The largest absolute Gasteiger partial charge is 0.343 e. The molecule has 2 saturated heterocycles. The van der Waals surface area contributed by atoms with E-state index in [1.54, 1.807) is 0 Å². The lowest BCUT2D eigenvalue weighted by Gasteiger charge is -2.22. The minimum absolute atomic E-state index is 0.147. The van der Waals surface area contributed by atoms with Gasteiger partial charge < -0.3 is 25.7 Å². The van der Waals surface area contributed by atoms with Crippen LogP contribution in [0.3, 0.4) is 0 Å². The first-order chi connectivity index (χ1) is 6.03. The highest BCUT2D eigenvalue weighted by Gasteiger charge is 2.52. The zero-order valence-corrected chi connectivity index (χ0v) is 7.90. The molecule has 0 aliphatic carbocycles. The maximum absolute atomic E-state index is 5.89. The molecular weight excluding hydrogens is 172 g/mol. The van der Waals surface area contributed by atoms with Crippen molar-refractivity contribution in [3.63, 3.8) is 0 Å². The summed E-state index contributed by atoms with van der Waals surface area (Å²) in [4.78, 5) is 0. The van der Waals surface area contributed by atoms with Gasteiger partial charge in [-0.05, 0) is 13.8 Å². The van der Waals surface area contributed by atoms with Crippen LogP contribution >= 0.6 is 0 Å². The summed E-state index contributed by atoms with van der Waals surface area (Å²) in [7, 11) is 0. The third-order valence-corrected chi connectivity index (χ3v) is 2.44. The second-order valence-corrected chi connectivity index (χ2v) is 3.96. The average Bonchev–Trinajstić information content (AvgIpc) is 2.47. The molecule has 0 aromatic carbocycles. The van der Waals surface area contributed by atoms with Crippen LogP contribution in [0.2, 0.25) is 0 Å². The van der Waals surface area contributed by atoms with E-state index < -0.39 is 5.79 Å². The van der Waals surface area contributed by atoms with Crippen LogP contribution in [-0.4, -0.2) is 36.9 Å². The number of rotatable bonds is 1. The van der Waals surface area contributed by atoms with Crippen molar-refractivity contribution >= 4 is 0 Å². The van der Waals surface area contributed by atoms with E-state index in [-0.39, 0.29) is 24.5 Å².